The molecule has 0 N–H and O–H groups in total. The Kier molecular flexibility index (Phi) is 7.94. The number of benzene rings is 4. The molecule has 34 heavy (non-hydrogen) atoms. The molecule has 0 atom stereocenters. The summed E-state index contributed by atoms with van der Waals surface area (Å²) in [7, 11) is 0. The van der Waals surface area contributed by atoms with Gasteiger partial charge in [0, 0.05) is 5.56 Å². The summed E-state index contributed by atoms with van der Waals surface area (Å²) in [5.41, 5.74) is 3.27. The van der Waals surface area contributed by atoms with Crippen molar-refractivity contribution in [2.45, 2.75) is 39.0 Å². The van der Waals surface area contributed by atoms with Crippen LogP contribution in [-0.4, -0.2) is 6.61 Å². The summed E-state index contributed by atoms with van der Waals surface area (Å²) in [6.45, 7) is 2.93. The molecule has 4 aromatic carbocycles. The lowest BCUT2D eigenvalue weighted by Gasteiger charge is -2.07. The third-order valence-corrected chi connectivity index (χ3v) is 5.82. The van der Waals surface area contributed by atoms with Crippen molar-refractivity contribution in [3.05, 3.63) is 113 Å². The first-order valence-electron chi connectivity index (χ1n) is 11.8. The topological polar surface area (TPSA) is 9.23 Å². The lowest BCUT2D eigenvalue weighted by molar-refractivity contribution is 0.306. The minimum Gasteiger partial charge on any atom is -0.494 e. The van der Waals surface area contributed by atoms with Gasteiger partial charge in [0.15, 0.2) is 0 Å². The van der Waals surface area contributed by atoms with Crippen LogP contribution in [0.5, 0.6) is 5.75 Å². The maximum absolute atomic E-state index is 14.6. The number of rotatable bonds is 8. The zero-order chi connectivity index (χ0) is 23.8. The van der Waals surface area contributed by atoms with E-state index in [0.717, 1.165) is 53.5 Å². The van der Waals surface area contributed by atoms with Crippen LogP contribution in [-0.2, 0) is 12.8 Å². The van der Waals surface area contributed by atoms with Gasteiger partial charge in [-0.05, 0) is 89.7 Å². The van der Waals surface area contributed by atoms with Crippen LogP contribution in [0.25, 0.3) is 10.8 Å². The summed E-state index contributed by atoms with van der Waals surface area (Å²) in [6, 6.07) is 23.6. The van der Waals surface area contributed by atoms with Gasteiger partial charge in [-0.15, -0.1) is 0 Å². The fraction of sp³-hybridized carbons (Fsp3) is 0.226. The molecule has 1 nitrogen and oxygen atoms in total. The second-order valence-electron chi connectivity index (χ2n) is 8.47. The Balaban J connectivity index is 1.35. The van der Waals surface area contributed by atoms with E-state index in [1.165, 1.54) is 30.5 Å². The molecule has 0 amide bonds. The summed E-state index contributed by atoms with van der Waals surface area (Å²) in [5.74, 6) is 6.25. The first-order chi connectivity index (χ1) is 16.6. The van der Waals surface area contributed by atoms with E-state index in [2.05, 4.69) is 30.9 Å². The fourth-order valence-electron chi connectivity index (χ4n) is 3.83. The average molecular weight is 455 g/mol. The minimum absolute atomic E-state index is 0.266. The third-order valence-electron chi connectivity index (χ3n) is 5.82. The highest BCUT2D eigenvalue weighted by Crippen LogP contribution is 2.18. The molecule has 0 unspecified atom stereocenters. The lowest BCUT2D eigenvalue weighted by Crippen LogP contribution is -1.97. The molecule has 0 fully saturated rings. The molecule has 0 radical (unpaired) electrons. The van der Waals surface area contributed by atoms with E-state index in [0.29, 0.717) is 5.56 Å². The minimum atomic E-state index is -0.316. The Hall–Kier alpha value is -3.64. The van der Waals surface area contributed by atoms with E-state index in [1.807, 2.05) is 36.4 Å². The number of aryl methyl sites for hydroxylation is 2. The molecule has 0 aromatic heterocycles. The van der Waals surface area contributed by atoms with Gasteiger partial charge in [-0.3, -0.25) is 0 Å². The molecular weight excluding hydrogens is 426 g/mol. The van der Waals surface area contributed by atoms with Gasteiger partial charge in [-0.2, -0.15) is 0 Å². The van der Waals surface area contributed by atoms with Crippen molar-refractivity contribution in [2.75, 3.05) is 6.61 Å². The van der Waals surface area contributed by atoms with Crippen LogP contribution in [0.15, 0.2) is 78.9 Å². The van der Waals surface area contributed by atoms with Crippen LogP contribution < -0.4 is 4.74 Å². The van der Waals surface area contributed by atoms with Crippen molar-refractivity contribution in [1.29, 1.82) is 0 Å². The van der Waals surface area contributed by atoms with E-state index < -0.39 is 0 Å². The highest BCUT2D eigenvalue weighted by atomic mass is 19.1. The zero-order valence-corrected chi connectivity index (χ0v) is 19.4. The number of ether oxygens (including phenoxy) is 1. The summed E-state index contributed by atoms with van der Waals surface area (Å²) < 4.78 is 33.7. The van der Waals surface area contributed by atoms with Gasteiger partial charge in [0.2, 0.25) is 0 Å². The number of hydrogen-bond acceptors (Lipinski definition) is 1. The molecule has 0 aliphatic carbocycles. The van der Waals surface area contributed by atoms with Crippen LogP contribution in [0, 0.1) is 23.5 Å². The monoisotopic (exact) mass is 454 g/mol. The van der Waals surface area contributed by atoms with E-state index >= 15 is 0 Å². The van der Waals surface area contributed by atoms with Crippen LogP contribution in [0.4, 0.5) is 8.78 Å². The van der Waals surface area contributed by atoms with Crippen molar-refractivity contribution in [2.24, 2.45) is 0 Å². The van der Waals surface area contributed by atoms with E-state index in [9.17, 15) is 8.78 Å². The van der Waals surface area contributed by atoms with Gasteiger partial charge in [-0.25, -0.2) is 8.78 Å². The standard InChI is InChI=1S/C31H28F2O/c1-2-3-4-19-34-30-17-10-23(11-18-30)5-6-25-8-13-26(31(33)21-25)12-7-24-9-14-28-22-29(32)16-15-27(28)20-24/h8-11,13-18,20-22H,2-6,19H2,1H3. The SMILES string of the molecule is CCCCCOc1ccc(CCc2ccc(C#Cc3ccc4cc(F)ccc4c3)c(F)c2)cc1. The van der Waals surface area contributed by atoms with E-state index in [4.69, 9.17) is 4.74 Å². The fourth-order valence-corrected chi connectivity index (χ4v) is 3.83. The molecule has 172 valence electrons. The molecule has 4 rings (SSSR count). The molecule has 0 aliphatic rings. The summed E-state index contributed by atoms with van der Waals surface area (Å²) in [5, 5.41) is 1.72. The first-order valence-corrected chi connectivity index (χ1v) is 11.8. The highest BCUT2D eigenvalue weighted by Gasteiger charge is 2.04. The molecule has 0 aliphatic heterocycles. The van der Waals surface area contributed by atoms with Gasteiger partial charge in [0.05, 0.1) is 12.2 Å². The Morgan fingerprint density at radius 2 is 1.44 bits per heavy atom. The predicted octanol–water partition coefficient (Wildman–Crippen LogP) is 7.87. The number of halogens is 2. The number of unbranched alkanes of at least 4 members (excludes halogenated alkanes) is 2. The largest absolute Gasteiger partial charge is 0.494 e. The van der Waals surface area contributed by atoms with Crippen LogP contribution in [0.3, 0.4) is 0 Å². The second-order valence-corrected chi connectivity index (χ2v) is 8.47. The van der Waals surface area contributed by atoms with Crippen molar-refractivity contribution in [3.8, 4) is 17.6 Å². The van der Waals surface area contributed by atoms with Crippen molar-refractivity contribution in [1.82, 2.24) is 0 Å². The Morgan fingerprint density at radius 3 is 2.24 bits per heavy atom. The Labute approximate surface area is 200 Å². The molecule has 0 heterocycles. The average Bonchev–Trinajstić information content (AvgIpc) is 2.85. The maximum Gasteiger partial charge on any atom is 0.139 e. The lowest BCUT2D eigenvalue weighted by atomic mass is 10.0. The van der Waals surface area contributed by atoms with Crippen LogP contribution in [0.1, 0.15) is 48.4 Å². The summed E-state index contributed by atoms with van der Waals surface area (Å²) in [4.78, 5) is 0. The first kappa shape index (κ1) is 23.5. The van der Waals surface area contributed by atoms with Gasteiger partial charge >= 0.3 is 0 Å². The maximum atomic E-state index is 14.6. The van der Waals surface area contributed by atoms with E-state index in [-0.39, 0.29) is 11.6 Å². The van der Waals surface area contributed by atoms with Gasteiger partial charge in [0.1, 0.15) is 17.4 Å². The van der Waals surface area contributed by atoms with Crippen LogP contribution >= 0.6 is 0 Å². The summed E-state index contributed by atoms with van der Waals surface area (Å²) >= 11 is 0. The Bertz CT molecular complexity index is 1310. The van der Waals surface area contributed by atoms with Crippen molar-refractivity contribution < 1.29 is 13.5 Å². The van der Waals surface area contributed by atoms with Gasteiger partial charge in [-0.1, -0.05) is 61.9 Å². The molecule has 4 aromatic rings. The second kappa shape index (κ2) is 11.5. The quantitative estimate of drug-likeness (QED) is 0.194. The predicted molar refractivity (Wildman–Crippen MR) is 135 cm³/mol. The zero-order valence-electron chi connectivity index (χ0n) is 19.4. The summed E-state index contributed by atoms with van der Waals surface area (Å²) in [6.07, 6.45) is 5.03. The Morgan fingerprint density at radius 1 is 0.706 bits per heavy atom. The van der Waals surface area contributed by atoms with Gasteiger partial charge in [0.25, 0.3) is 0 Å². The number of hydrogen-bond donors (Lipinski definition) is 0. The molecule has 0 bridgehead atoms. The number of fused-ring (bicyclic) bond motifs is 1. The van der Waals surface area contributed by atoms with Crippen molar-refractivity contribution in [3.63, 3.8) is 0 Å². The smallest absolute Gasteiger partial charge is 0.139 e. The van der Waals surface area contributed by atoms with E-state index in [1.54, 1.807) is 18.2 Å². The normalized spacial score (nSPS) is 10.7. The molecular formula is C31H28F2O. The molecule has 3 heteroatoms. The molecule has 0 saturated heterocycles. The molecule has 0 saturated carbocycles. The van der Waals surface area contributed by atoms with Gasteiger partial charge < -0.3 is 4.74 Å². The third kappa shape index (κ3) is 6.45. The van der Waals surface area contributed by atoms with Crippen LogP contribution in [0.2, 0.25) is 0 Å². The van der Waals surface area contributed by atoms with Crippen molar-refractivity contribution >= 4 is 10.8 Å². The molecule has 0 spiro atoms. The highest BCUT2D eigenvalue weighted by molar-refractivity contribution is 5.84.